The number of aromatic nitrogens is 1. The zero-order valence-electron chi connectivity index (χ0n) is 18.3. The van der Waals surface area contributed by atoms with Gasteiger partial charge in [0.1, 0.15) is 5.82 Å². The third-order valence-corrected chi connectivity index (χ3v) is 6.27. The highest BCUT2D eigenvalue weighted by molar-refractivity contribution is 7.16. The van der Waals surface area contributed by atoms with Crippen LogP contribution in [0.4, 0.5) is 11.4 Å². The molecule has 2 heterocycles. The molecule has 1 saturated heterocycles. The van der Waals surface area contributed by atoms with Crippen LogP contribution in [0.15, 0.2) is 68.8 Å². The maximum atomic E-state index is 12.9. The van der Waals surface area contributed by atoms with Gasteiger partial charge in [-0.25, -0.2) is 9.98 Å². The van der Waals surface area contributed by atoms with Gasteiger partial charge in [0.05, 0.1) is 20.8 Å². The fourth-order valence-electron chi connectivity index (χ4n) is 3.61. The number of nitrogens with zero attached hydrogens (tertiary/aromatic N) is 4. The number of piperidine rings is 1. The summed E-state index contributed by atoms with van der Waals surface area (Å²) >= 11 is 7.88. The molecule has 0 atom stereocenters. The average Bonchev–Trinajstić information content (AvgIpc) is 3.31. The van der Waals surface area contributed by atoms with Crippen LogP contribution in [0.25, 0.3) is 10.2 Å². The van der Waals surface area contributed by atoms with Gasteiger partial charge in [-0.1, -0.05) is 17.7 Å². The van der Waals surface area contributed by atoms with Gasteiger partial charge in [-0.3, -0.25) is 4.79 Å². The minimum absolute atomic E-state index is 0.0450. The Kier molecular flexibility index (Phi) is 7.36. The first-order valence-electron chi connectivity index (χ1n) is 10.7. The minimum Gasteiger partial charge on any atom is -0.339 e. The first-order valence-corrected chi connectivity index (χ1v) is 12.0. The Morgan fingerprint density at radius 3 is 2.67 bits per heavy atom. The van der Waals surface area contributed by atoms with E-state index in [4.69, 9.17) is 11.6 Å². The maximum absolute atomic E-state index is 12.9. The van der Waals surface area contributed by atoms with E-state index in [2.05, 4.69) is 32.3 Å². The van der Waals surface area contributed by atoms with Crippen molar-refractivity contribution in [3.63, 3.8) is 0 Å². The van der Waals surface area contributed by atoms with Crippen molar-refractivity contribution >= 4 is 63.1 Å². The molecule has 0 radical (unpaired) electrons. The minimum atomic E-state index is 0.0450. The molecule has 170 valence electrons. The van der Waals surface area contributed by atoms with E-state index in [1.807, 2.05) is 47.4 Å². The lowest BCUT2D eigenvalue weighted by Crippen LogP contribution is -2.35. The first-order chi connectivity index (χ1) is 16.0. The molecule has 3 aromatic rings. The van der Waals surface area contributed by atoms with Crippen LogP contribution >= 0.6 is 22.9 Å². The van der Waals surface area contributed by atoms with E-state index in [1.54, 1.807) is 23.8 Å². The van der Waals surface area contributed by atoms with E-state index in [0.717, 1.165) is 41.8 Å². The number of allylic oxidation sites excluding steroid dienone is 1. The van der Waals surface area contributed by atoms with Crippen LogP contribution in [-0.2, 0) is 0 Å². The number of carbonyl (C=O) groups is 1. The normalized spacial score (nSPS) is 15.2. The lowest BCUT2D eigenvalue weighted by Gasteiger charge is -2.26. The van der Waals surface area contributed by atoms with Crippen molar-refractivity contribution in [2.75, 3.05) is 23.7 Å². The Balaban J connectivity index is 1.52. The zero-order valence-corrected chi connectivity index (χ0v) is 19.9. The number of hydrogen-bond donors (Lipinski definition) is 2. The molecule has 0 saturated carbocycles. The van der Waals surface area contributed by atoms with Gasteiger partial charge in [-0.2, -0.15) is 4.99 Å². The van der Waals surface area contributed by atoms with E-state index in [9.17, 15) is 4.79 Å². The fraction of sp³-hybridized carbons (Fsp3) is 0.250. The van der Waals surface area contributed by atoms with Gasteiger partial charge in [0.25, 0.3) is 5.91 Å². The van der Waals surface area contributed by atoms with Crippen LogP contribution in [0, 0.1) is 0 Å². The molecule has 1 fully saturated rings. The Bertz CT molecular complexity index is 1220. The largest absolute Gasteiger partial charge is 0.339 e. The molecule has 0 aliphatic carbocycles. The number of halogens is 1. The second kappa shape index (κ2) is 10.6. The lowest BCUT2D eigenvalue weighted by atomic mass is 10.1. The number of amides is 1. The van der Waals surface area contributed by atoms with E-state index in [0.29, 0.717) is 28.1 Å². The molecule has 9 heteroatoms. The number of anilines is 2. The second-order valence-electron chi connectivity index (χ2n) is 7.69. The predicted octanol–water partition coefficient (Wildman–Crippen LogP) is 5.93. The van der Waals surface area contributed by atoms with Gasteiger partial charge in [-0.15, -0.1) is 11.3 Å². The van der Waals surface area contributed by atoms with Gasteiger partial charge in [0, 0.05) is 30.0 Å². The van der Waals surface area contributed by atoms with Crippen LogP contribution in [0.3, 0.4) is 0 Å². The van der Waals surface area contributed by atoms with Gasteiger partial charge >= 0.3 is 0 Å². The van der Waals surface area contributed by atoms with Crippen molar-refractivity contribution in [1.29, 1.82) is 0 Å². The molecule has 33 heavy (non-hydrogen) atoms. The Hall–Kier alpha value is -3.23. The third kappa shape index (κ3) is 5.77. The molecule has 7 nitrogen and oxygen atoms in total. The summed E-state index contributed by atoms with van der Waals surface area (Å²) in [5.41, 5.74) is 4.91. The van der Waals surface area contributed by atoms with E-state index >= 15 is 0 Å². The molecule has 0 bridgehead atoms. The van der Waals surface area contributed by atoms with Gasteiger partial charge < -0.3 is 15.5 Å². The monoisotopic (exact) mass is 480 g/mol. The van der Waals surface area contributed by atoms with Gasteiger partial charge in [0.15, 0.2) is 0 Å². The van der Waals surface area contributed by atoms with Crippen LogP contribution < -0.4 is 10.6 Å². The molecular formula is C24H25ClN6OS. The fourth-order valence-corrected chi connectivity index (χ4v) is 4.41. The summed E-state index contributed by atoms with van der Waals surface area (Å²) in [6.45, 7) is 6.97. The van der Waals surface area contributed by atoms with Crippen LogP contribution in [0.2, 0.25) is 0 Å². The number of carbonyl (C=O) groups excluding carboxylic acids is 1. The maximum Gasteiger partial charge on any atom is 0.253 e. The Labute approximate surface area is 201 Å². The number of benzene rings is 2. The molecule has 1 amide bonds. The number of guanidine groups is 1. The summed E-state index contributed by atoms with van der Waals surface area (Å²) in [5, 5.41) is 6.81. The van der Waals surface area contributed by atoms with Gasteiger partial charge in [0.2, 0.25) is 5.96 Å². The predicted molar refractivity (Wildman–Crippen MR) is 139 cm³/mol. The van der Waals surface area contributed by atoms with Crippen molar-refractivity contribution in [3.05, 3.63) is 64.4 Å². The van der Waals surface area contributed by atoms with Crippen molar-refractivity contribution in [2.45, 2.75) is 26.2 Å². The summed E-state index contributed by atoms with van der Waals surface area (Å²) in [6, 6.07) is 13.2. The van der Waals surface area contributed by atoms with E-state index < -0.39 is 0 Å². The molecule has 2 N–H and O–H groups in total. The average molecular weight is 481 g/mol. The standard InChI is InChI=1S/C24H25ClN6OS/c1-16(25)22(30-24(26-2)29-19-9-10-20-21(14-19)33-15-27-20)28-18-8-6-7-17(13-18)23(32)31-11-4-3-5-12-31/h6-10,13-15,28H,2-5,11-12H2,1H3,(H,29,30)/b22-16+. The van der Waals surface area contributed by atoms with Crippen LogP contribution in [-0.4, -0.2) is 41.6 Å². The highest BCUT2D eigenvalue weighted by Gasteiger charge is 2.18. The number of fused-ring (bicyclic) bond motifs is 1. The highest BCUT2D eigenvalue weighted by atomic mass is 35.5. The molecule has 0 unspecified atom stereocenters. The third-order valence-electron chi connectivity index (χ3n) is 5.30. The zero-order chi connectivity index (χ0) is 23.2. The van der Waals surface area contributed by atoms with Crippen molar-refractivity contribution in [1.82, 2.24) is 9.88 Å². The summed E-state index contributed by atoms with van der Waals surface area (Å²) in [7, 11) is 0. The summed E-state index contributed by atoms with van der Waals surface area (Å²) < 4.78 is 1.06. The number of nitrogens with one attached hydrogen (secondary N) is 2. The SMILES string of the molecule is C=NC(=N/C(Nc1cccc(C(=O)N2CCCCC2)c1)=C(\C)Cl)Nc1ccc2ncsc2c1. The molecule has 2 aromatic carbocycles. The van der Waals surface area contributed by atoms with Crippen molar-refractivity contribution < 1.29 is 4.79 Å². The molecule has 1 aliphatic rings. The molecular weight excluding hydrogens is 456 g/mol. The highest BCUT2D eigenvalue weighted by Crippen LogP contribution is 2.23. The van der Waals surface area contributed by atoms with Crippen molar-refractivity contribution in [3.8, 4) is 0 Å². The summed E-state index contributed by atoms with van der Waals surface area (Å²) in [5.74, 6) is 0.749. The first kappa shape index (κ1) is 22.9. The van der Waals surface area contributed by atoms with Crippen LogP contribution in [0.1, 0.15) is 36.5 Å². The van der Waals surface area contributed by atoms with E-state index in [1.165, 1.54) is 6.42 Å². The van der Waals surface area contributed by atoms with Gasteiger partial charge in [-0.05, 0) is 69.3 Å². The Morgan fingerprint density at radius 1 is 1.12 bits per heavy atom. The molecule has 1 aromatic heterocycles. The quantitative estimate of drug-likeness (QED) is 0.350. The number of likely N-dealkylation sites (tertiary alicyclic amines) is 1. The Morgan fingerprint density at radius 2 is 1.91 bits per heavy atom. The number of thiazole rings is 1. The second-order valence-corrected chi connectivity index (χ2v) is 9.15. The number of rotatable bonds is 5. The number of hydrogen-bond acceptors (Lipinski definition) is 5. The lowest BCUT2D eigenvalue weighted by molar-refractivity contribution is 0.0724. The van der Waals surface area contributed by atoms with Crippen LogP contribution in [0.5, 0.6) is 0 Å². The molecule has 4 rings (SSSR count). The van der Waals surface area contributed by atoms with E-state index in [-0.39, 0.29) is 5.91 Å². The molecule has 0 spiro atoms. The molecule has 1 aliphatic heterocycles. The van der Waals surface area contributed by atoms with Crippen molar-refractivity contribution in [2.24, 2.45) is 9.98 Å². The summed E-state index contributed by atoms with van der Waals surface area (Å²) in [4.78, 5) is 27.6. The smallest absolute Gasteiger partial charge is 0.253 e. The number of aliphatic imine (C=N–C) groups is 2. The topological polar surface area (TPSA) is 82.0 Å². The summed E-state index contributed by atoms with van der Waals surface area (Å²) in [6.07, 6.45) is 3.28.